The van der Waals surface area contributed by atoms with Crippen LogP contribution in [0, 0.1) is 0 Å². The van der Waals surface area contributed by atoms with E-state index in [1.54, 1.807) is 0 Å². The average Bonchev–Trinajstić information content (AvgIpc) is 2.54. The first kappa shape index (κ1) is 21.0. The number of benzene rings is 1. The predicted octanol–water partition coefficient (Wildman–Crippen LogP) is 2.98. The van der Waals surface area contributed by atoms with E-state index in [2.05, 4.69) is 15.2 Å². The van der Waals surface area contributed by atoms with Crippen molar-refractivity contribution in [1.82, 2.24) is 10.2 Å². The van der Waals surface area contributed by atoms with E-state index >= 15 is 0 Å². The number of para-hydroxylation sites is 1. The zero-order valence-electron chi connectivity index (χ0n) is 14.8. The van der Waals surface area contributed by atoms with E-state index in [-0.39, 0.29) is 24.0 Å². The van der Waals surface area contributed by atoms with Crippen molar-refractivity contribution in [1.29, 1.82) is 0 Å². The summed E-state index contributed by atoms with van der Waals surface area (Å²) in [6.45, 7) is 2.11. The van der Waals surface area contributed by atoms with Crippen LogP contribution >= 0.6 is 24.0 Å². The third-order valence-electron chi connectivity index (χ3n) is 4.15. The fraction of sp³-hybridized carbons (Fsp3) is 0.611. The van der Waals surface area contributed by atoms with Crippen molar-refractivity contribution in [2.24, 2.45) is 10.7 Å². The van der Waals surface area contributed by atoms with Crippen molar-refractivity contribution in [2.75, 3.05) is 27.2 Å². The van der Waals surface area contributed by atoms with Crippen LogP contribution in [0.2, 0.25) is 0 Å². The summed E-state index contributed by atoms with van der Waals surface area (Å²) in [6.07, 6.45) is 6.30. The van der Waals surface area contributed by atoms with Gasteiger partial charge in [0, 0.05) is 18.2 Å². The first-order chi connectivity index (χ1) is 11.1. The van der Waals surface area contributed by atoms with Crippen molar-refractivity contribution in [3.63, 3.8) is 0 Å². The average molecular weight is 446 g/mol. The Labute approximate surface area is 163 Å². The molecule has 1 fully saturated rings. The lowest BCUT2D eigenvalue weighted by Crippen LogP contribution is -2.41. The van der Waals surface area contributed by atoms with Gasteiger partial charge >= 0.3 is 0 Å². The van der Waals surface area contributed by atoms with Crippen LogP contribution in [0.5, 0.6) is 5.75 Å². The summed E-state index contributed by atoms with van der Waals surface area (Å²) in [7, 11) is 4.08. The predicted molar refractivity (Wildman–Crippen MR) is 111 cm³/mol. The highest BCUT2D eigenvalue weighted by Crippen LogP contribution is 2.19. The Morgan fingerprint density at radius 1 is 1.25 bits per heavy atom. The lowest BCUT2D eigenvalue weighted by molar-refractivity contribution is 0.259. The van der Waals surface area contributed by atoms with Gasteiger partial charge in [-0.3, -0.25) is 0 Å². The molecule has 2 rings (SSSR count). The molecule has 3 N–H and O–H groups in total. The number of likely N-dealkylation sites (N-methyl/N-ethyl adjacent to an activating group) is 1. The van der Waals surface area contributed by atoms with Crippen molar-refractivity contribution < 1.29 is 4.74 Å². The molecule has 0 unspecified atom stereocenters. The topological polar surface area (TPSA) is 62.9 Å². The molecule has 0 heterocycles. The lowest BCUT2D eigenvalue weighted by atomic mass is 9.96. The van der Waals surface area contributed by atoms with Gasteiger partial charge in [-0.1, -0.05) is 37.5 Å². The normalized spacial score (nSPS) is 15.9. The second-order valence-corrected chi connectivity index (χ2v) is 6.44. The van der Waals surface area contributed by atoms with Gasteiger partial charge < -0.3 is 20.7 Å². The quantitative estimate of drug-likeness (QED) is 0.384. The Balaban J connectivity index is 0.00000288. The Morgan fingerprint density at radius 2 is 1.96 bits per heavy atom. The Morgan fingerprint density at radius 3 is 2.67 bits per heavy atom. The van der Waals surface area contributed by atoms with Gasteiger partial charge in [0.15, 0.2) is 5.96 Å². The van der Waals surface area contributed by atoms with E-state index in [1.165, 1.54) is 32.1 Å². The Bertz CT molecular complexity index is 502. The van der Waals surface area contributed by atoms with Crippen molar-refractivity contribution in [3.8, 4) is 5.75 Å². The molecular formula is C18H31IN4O. The minimum absolute atomic E-state index is 0. The van der Waals surface area contributed by atoms with Gasteiger partial charge in [-0.15, -0.1) is 24.0 Å². The van der Waals surface area contributed by atoms with Gasteiger partial charge in [0.25, 0.3) is 0 Å². The summed E-state index contributed by atoms with van der Waals surface area (Å²) in [5.41, 5.74) is 7.10. The monoisotopic (exact) mass is 446 g/mol. The molecule has 1 aromatic rings. The second kappa shape index (κ2) is 11.5. The molecule has 0 spiro atoms. The molecule has 0 saturated heterocycles. The summed E-state index contributed by atoms with van der Waals surface area (Å²) in [6, 6.07) is 8.52. The van der Waals surface area contributed by atoms with Crippen LogP contribution in [-0.4, -0.2) is 44.1 Å². The maximum atomic E-state index is 6.03. The first-order valence-electron chi connectivity index (χ1n) is 8.57. The van der Waals surface area contributed by atoms with Crippen LogP contribution in [0.4, 0.5) is 0 Å². The molecule has 0 bridgehead atoms. The number of ether oxygens (including phenoxy) is 1. The molecular weight excluding hydrogens is 415 g/mol. The molecule has 1 saturated carbocycles. The molecule has 1 aliphatic rings. The zero-order chi connectivity index (χ0) is 16.5. The summed E-state index contributed by atoms with van der Waals surface area (Å²) in [5, 5.41) is 3.35. The van der Waals surface area contributed by atoms with Gasteiger partial charge in [0.2, 0.25) is 0 Å². The summed E-state index contributed by atoms with van der Waals surface area (Å²) in [5.74, 6) is 1.43. The summed E-state index contributed by atoms with van der Waals surface area (Å²) in [4.78, 5) is 6.59. The molecule has 0 amide bonds. The van der Waals surface area contributed by atoms with Crippen molar-refractivity contribution in [3.05, 3.63) is 29.8 Å². The van der Waals surface area contributed by atoms with Gasteiger partial charge in [-0.05, 0) is 33.0 Å². The van der Waals surface area contributed by atoms with Crippen molar-refractivity contribution >= 4 is 29.9 Å². The molecule has 0 aromatic heterocycles. The van der Waals surface area contributed by atoms with Gasteiger partial charge in [-0.25, -0.2) is 4.99 Å². The minimum Gasteiger partial charge on any atom is -0.492 e. The molecule has 5 nitrogen and oxygen atoms in total. The van der Waals surface area contributed by atoms with E-state index in [9.17, 15) is 0 Å². The maximum absolute atomic E-state index is 6.03. The number of nitrogens with one attached hydrogen (secondary N) is 1. The molecule has 0 aliphatic heterocycles. The van der Waals surface area contributed by atoms with Crippen LogP contribution in [0.1, 0.15) is 37.7 Å². The number of hydrogen-bond donors (Lipinski definition) is 2. The molecule has 0 atom stereocenters. The zero-order valence-corrected chi connectivity index (χ0v) is 17.2. The van der Waals surface area contributed by atoms with E-state index in [0.717, 1.165) is 17.9 Å². The fourth-order valence-electron chi connectivity index (χ4n) is 2.79. The molecule has 24 heavy (non-hydrogen) atoms. The number of hydrogen-bond acceptors (Lipinski definition) is 3. The van der Waals surface area contributed by atoms with Crippen LogP contribution < -0.4 is 15.8 Å². The van der Waals surface area contributed by atoms with Crippen LogP contribution in [0.25, 0.3) is 0 Å². The van der Waals surface area contributed by atoms with E-state index in [0.29, 0.717) is 25.2 Å². The van der Waals surface area contributed by atoms with Gasteiger partial charge in [-0.2, -0.15) is 0 Å². The van der Waals surface area contributed by atoms with E-state index in [4.69, 9.17) is 10.5 Å². The highest BCUT2D eigenvalue weighted by atomic mass is 127. The number of nitrogens with zero attached hydrogens (tertiary/aromatic N) is 2. The molecule has 0 radical (unpaired) electrons. The molecule has 6 heteroatoms. The fourth-order valence-corrected chi connectivity index (χ4v) is 2.79. The van der Waals surface area contributed by atoms with Crippen molar-refractivity contribution in [2.45, 2.75) is 44.7 Å². The van der Waals surface area contributed by atoms with Gasteiger partial charge in [0.05, 0.1) is 6.54 Å². The smallest absolute Gasteiger partial charge is 0.189 e. The minimum atomic E-state index is 0. The number of rotatable bonds is 7. The lowest BCUT2D eigenvalue weighted by Gasteiger charge is -2.23. The summed E-state index contributed by atoms with van der Waals surface area (Å²) < 4.78 is 5.86. The van der Waals surface area contributed by atoms with Gasteiger partial charge in [0.1, 0.15) is 12.4 Å². The number of nitrogens with two attached hydrogens (primary N) is 1. The molecule has 1 aromatic carbocycles. The van der Waals surface area contributed by atoms with Crippen LogP contribution in [-0.2, 0) is 6.54 Å². The first-order valence-corrected chi connectivity index (χ1v) is 8.57. The highest BCUT2D eigenvalue weighted by Gasteiger charge is 2.13. The Hall–Kier alpha value is -1.02. The molecule has 1 aliphatic carbocycles. The summed E-state index contributed by atoms with van der Waals surface area (Å²) >= 11 is 0. The SMILES string of the molecule is CN(C)CCOc1ccccc1CN=C(N)NC1CCCCC1.I. The third-order valence-corrected chi connectivity index (χ3v) is 4.15. The number of guanidine groups is 1. The maximum Gasteiger partial charge on any atom is 0.189 e. The van der Waals surface area contributed by atoms with Crippen LogP contribution in [0.15, 0.2) is 29.3 Å². The van der Waals surface area contributed by atoms with E-state index < -0.39 is 0 Å². The largest absolute Gasteiger partial charge is 0.492 e. The standard InChI is InChI=1S/C18H30N4O.HI/c1-22(2)12-13-23-17-11-7-6-8-15(17)14-20-18(19)21-16-9-4-3-5-10-16;/h6-8,11,16H,3-5,9-10,12-14H2,1-2H3,(H3,19,20,21);1H. The molecule has 136 valence electrons. The van der Waals surface area contributed by atoms with E-state index in [1.807, 2.05) is 38.4 Å². The Kier molecular flexibility index (Phi) is 10.1. The number of aliphatic imine (C=N–C) groups is 1. The second-order valence-electron chi connectivity index (χ2n) is 6.44. The number of halogens is 1. The van der Waals surface area contributed by atoms with Crippen LogP contribution in [0.3, 0.4) is 0 Å². The third kappa shape index (κ3) is 7.70. The highest BCUT2D eigenvalue weighted by molar-refractivity contribution is 14.0.